The van der Waals surface area contributed by atoms with E-state index in [1.807, 2.05) is 0 Å². The average Bonchev–Trinajstić information content (AvgIpc) is 2.41. The van der Waals surface area contributed by atoms with Crippen molar-refractivity contribution in [1.82, 2.24) is 0 Å². The second-order valence-corrected chi connectivity index (χ2v) is 5.30. The second-order valence-electron chi connectivity index (χ2n) is 4.01. The van der Waals surface area contributed by atoms with Gasteiger partial charge in [-0.05, 0) is 40.2 Å². The maximum Gasteiger partial charge on any atom is 0.323 e. The Kier molecular flexibility index (Phi) is 4.77. The molecule has 0 aliphatic rings. The predicted octanol–water partition coefficient (Wildman–Crippen LogP) is 4.65. The summed E-state index contributed by atoms with van der Waals surface area (Å²) in [5.41, 5.74) is 0.696. The van der Waals surface area contributed by atoms with Crippen molar-refractivity contribution in [1.29, 1.82) is 0 Å². The molecule has 0 radical (unpaired) electrons. The van der Waals surface area contributed by atoms with E-state index in [0.29, 0.717) is 20.9 Å². The fraction of sp³-hybridized carbons (Fsp3) is 0. The Morgan fingerprint density at radius 2 is 1.95 bits per heavy atom. The van der Waals surface area contributed by atoms with Crippen molar-refractivity contribution in [3.05, 3.63) is 62.1 Å². The number of carbonyl (C=O) groups is 1. The lowest BCUT2D eigenvalue weighted by molar-refractivity contribution is -0.384. The van der Waals surface area contributed by atoms with E-state index in [2.05, 4.69) is 26.6 Å². The van der Waals surface area contributed by atoms with Crippen molar-refractivity contribution in [3.63, 3.8) is 0 Å². The van der Waals surface area contributed by atoms with Crippen LogP contribution in [0, 0.1) is 10.1 Å². The van der Waals surface area contributed by atoms with Gasteiger partial charge in [0.15, 0.2) is 0 Å². The molecule has 0 spiro atoms. The molecule has 2 amide bonds. The van der Waals surface area contributed by atoms with Crippen LogP contribution >= 0.6 is 27.5 Å². The lowest BCUT2D eigenvalue weighted by Crippen LogP contribution is -2.19. The number of hydrogen-bond acceptors (Lipinski definition) is 3. The molecule has 2 rings (SSSR count). The molecule has 0 unspecified atom stereocenters. The van der Waals surface area contributed by atoms with Gasteiger partial charge in [0.05, 0.1) is 10.6 Å². The van der Waals surface area contributed by atoms with Gasteiger partial charge in [-0.2, -0.15) is 0 Å². The maximum absolute atomic E-state index is 11.9. The summed E-state index contributed by atoms with van der Waals surface area (Å²) in [6.07, 6.45) is 0. The van der Waals surface area contributed by atoms with E-state index in [1.54, 1.807) is 24.3 Å². The van der Waals surface area contributed by atoms with Gasteiger partial charge in [0.25, 0.3) is 5.69 Å². The summed E-state index contributed by atoms with van der Waals surface area (Å²) in [6.45, 7) is 0. The van der Waals surface area contributed by atoms with Gasteiger partial charge < -0.3 is 10.6 Å². The molecule has 21 heavy (non-hydrogen) atoms. The van der Waals surface area contributed by atoms with E-state index in [9.17, 15) is 14.9 Å². The number of nitro groups is 1. The monoisotopic (exact) mass is 369 g/mol. The van der Waals surface area contributed by atoms with Crippen molar-refractivity contribution in [2.45, 2.75) is 0 Å². The molecule has 8 heteroatoms. The first-order valence-corrected chi connectivity index (χ1v) is 6.90. The van der Waals surface area contributed by atoms with Crippen LogP contribution in [-0.2, 0) is 0 Å². The number of nitrogens with one attached hydrogen (secondary N) is 2. The van der Waals surface area contributed by atoms with Crippen LogP contribution in [0.2, 0.25) is 5.02 Å². The van der Waals surface area contributed by atoms with Gasteiger partial charge in [-0.3, -0.25) is 10.1 Å². The lowest BCUT2D eigenvalue weighted by Gasteiger charge is -2.09. The van der Waals surface area contributed by atoms with E-state index >= 15 is 0 Å². The fourth-order valence-corrected chi connectivity index (χ4v) is 2.11. The van der Waals surface area contributed by atoms with E-state index in [1.165, 1.54) is 18.2 Å². The zero-order chi connectivity index (χ0) is 15.4. The summed E-state index contributed by atoms with van der Waals surface area (Å²) in [7, 11) is 0. The third-order valence-corrected chi connectivity index (χ3v) is 3.42. The predicted molar refractivity (Wildman–Crippen MR) is 84.9 cm³/mol. The van der Waals surface area contributed by atoms with Gasteiger partial charge in [-0.1, -0.05) is 17.7 Å². The minimum absolute atomic E-state index is 0.115. The molecular weight excluding hydrogens is 362 g/mol. The summed E-state index contributed by atoms with van der Waals surface area (Å²) >= 11 is 9.03. The molecule has 0 aliphatic heterocycles. The first kappa shape index (κ1) is 15.3. The van der Waals surface area contributed by atoms with E-state index in [0.717, 1.165) is 0 Å². The first-order valence-electron chi connectivity index (χ1n) is 5.73. The zero-order valence-electron chi connectivity index (χ0n) is 10.5. The minimum atomic E-state index is -0.535. The first-order chi connectivity index (χ1) is 9.95. The van der Waals surface area contributed by atoms with Crippen LogP contribution in [0.5, 0.6) is 0 Å². The third-order valence-electron chi connectivity index (χ3n) is 2.49. The number of halogens is 2. The Morgan fingerprint density at radius 3 is 2.62 bits per heavy atom. The summed E-state index contributed by atoms with van der Waals surface area (Å²) in [5.74, 6) is 0. The molecule has 2 aromatic carbocycles. The molecule has 0 fully saturated rings. The summed E-state index contributed by atoms with van der Waals surface area (Å²) in [4.78, 5) is 22.1. The number of nitro benzene ring substituents is 1. The van der Waals surface area contributed by atoms with Crippen LogP contribution in [0.15, 0.2) is 46.9 Å². The van der Waals surface area contributed by atoms with Gasteiger partial charge in [-0.15, -0.1) is 0 Å². The number of carbonyl (C=O) groups excluding carboxylic acids is 1. The number of urea groups is 1. The van der Waals surface area contributed by atoms with Crippen molar-refractivity contribution in [3.8, 4) is 0 Å². The quantitative estimate of drug-likeness (QED) is 0.609. The number of non-ortho nitro benzene ring substituents is 1. The highest BCUT2D eigenvalue weighted by molar-refractivity contribution is 9.10. The van der Waals surface area contributed by atoms with Gasteiger partial charge >= 0.3 is 6.03 Å². The van der Waals surface area contributed by atoms with Crippen molar-refractivity contribution >= 4 is 50.6 Å². The van der Waals surface area contributed by atoms with E-state index in [4.69, 9.17) is 11.6 Å². The number of amides is 2. The Bertz CT molecular complexity index is 709. The molecule has 108 valence electrons. The summed E-state index contributed by atoms with van der Waals surface area (Å²) < 4.78 is 0.536. The molecule has 0 bridgehead atoms. The van der Waals surface area contributed by atoms with Gasteiger partial charge in [0.1, 0.15) is 0 Å². The van der Waals surface area contributed by atoms with Crippen LogP contribution in [0.1, 0.15) is 0 Å². The summed E-state index contributed by atoms with van der Waals surface area (Å²) in [5, 5.41) is 16.3. The molecule has 0 aliphatic carbocycles. The number of anilines is 2. The van der Waals surface area contributed by atoms with E-state index in [-0.39, 0.29) is 5.69 Å². The second kappa shape index (κ2) is 6.55. The molecule has 6 nitrogen and oxygen atoms in total. The third kappa shape index (κ3) is 4.17. The van der Waals surface area contributed by atoms with Gasteiger partial charge in [-0.25, -0.2) is 4.79 Å². The van der Waals surface area contributed by atoms with Gasteiger partial charge in [0, 0.05) is 27.3 Å². The van der Waals surface area contributed by atoms with Crippen LogP contribution in [0.25, 0.3) is 0 Å². The highest BCUT2D eigenvalue weighted by Gasteiger charge is 2.12. The van der Waals surface area contributed by atoms with Crippen molar-refractivity contribution in [2.24, 2.45) is 0 Å². The van der Waals surface area contributed by atoms with Crippen molar-refractivity contribution in [2.75, 3.05) is 10.6 Å². The normalized spacial score (nSPS) is 10.0. The Morgan fingerprint density at radius 1 is 1.19 bits per heavy atom. The molecule has 0 heterocycles. The standard InChI is InChI=1S/C13H9BrClN3O3/c14-11-5-4-10(18(20)21)7-12(11)17-13(19)16-9-3-1-2-8(15)6-9/h1-7H,(H2,16,17,19). The van der Waals surface area contributed by atoms with Crippen LogP contribution in [0.3, 0.4) is 0 Å². The minimum Gasteiger partial charge on any atom is -0.308 e. The van der Waals surface area contributed by atoms with E-state index < -0.39 is 11.0 Å². The highest BCUT2D eigenvalue weighted by Crippen LogP contribution is 2.27. The number of hydrogen-bond donors (Lipinski definition) is 2. The van der Waals surface area contributed by atoms with Crippen molar-refractivity contribution < 1.29 is 9.72 Å². The number of rotatable bonds is 3. The SMILES string of the molecule is O=C(Nc1cccc(Cl)c1)Nc1cc([N+](=O)[O-])ccc1Br. The Labute approximate surface area is 133 Å². The Balaban J connectivity index is 2.12. The smallest absolute Gasteiger partial charge is 0.308 e. The topological polar surface area (TPSA) is 84.3 Å². The molecule has 0 atom stereocenters. The van der Waals surface area contributed by atoms with Crippen LogP contribution in [-0.4, -0.2) is 11.0 Å². The molecule has 0 saturated carbocycles. The van der Waals surface area contributed by atoms with Gasteiger partial charge in [0.2, 0.25) is 0 Å². The molecule has 0 saturated heterocycles. The molecule has 0 aromatic heterocycles. The lowest BCUT2D eigenvalue weighted by atomic mass is 10.3. The average molecular weight is 371 g/mol. The maximum atomic E-state index is 11.9. The molecule has 2 aromatic rings. The molecule has 2 N–H and O–H groups in total. The largest absolute Gasteiger partial charge is 0.323 e. The number of nitrogens with zero attached hydrogens (tertiary/aromatic N) is 1. The van der Waals surface area contributed by atoms with Crippen LogP contribution < -0.4 is 10.6 Å². The van der Waals surface area contributed by atoms with Crippen LogP contribution in [0.4, 0.5) is 21.9 Å². The fourth-order valence-electron chi connectivity index (χ4n) is 1.57. The zero-order valence-corrected chi connectivity index (χ0v) is 12.8. The summed E-state index contributed by atoms with van der Waals surface area (Å²) in [6, 6.07) is 10.2. The Hall–Kier alpha value is -2.12. The molecular formula is C13H9BrClN3O3. The number of benzene rings is 2. The highest BCUT2D eigenvalue weighted by atomic mass is 79.9.